The highest BCUT2D eigenvalue weighted by Crippen LogP contribution is 2.43. The molecule has 1 heterocycles. The Hall–Kier alpha value is -4.93. The molecule has 1 fully saturated rings. The van der Waals surface area contributed by atoms with E-state index >= 15 is 0 Å². The fourth-order valence-electron chi connectivity index (χ4n) is 8.16. The lowest BCUT2D eigenvalue weighted by molar-refractivity contribution is -0.00401. The standard InChI is InChI=1S/C46H55ClN6O7S/c1-46(2)20-18-33(40(27-46)31-6-8-34(47)9-7-31)29-48-22-23-49-35-10-15-39(44(25-35)60-37-13-16-41-32(24-37)19-21-50-41)45(55)52-61(58,59)38-14-17-42(43(26-38)53(3,56)57)51-28-30-4-11-36(54)12-5-30/h6-10,13-17,19,21,24-26,30,36,48-51,54,56H,4-5,11-12,18,20,22-23,27-29H2,1-3H3,(H,52,55). The van der Waals surface area contributed by atoms with Crippen molar-refractivity contribution in [3.63, 3.8) is 0 Å². The van der Waals surface area contributed by atoms with Crippen molar-refractivity contribution in [2.75, 3.05) is 43.9 Å². The normalized spacial score (nSPS) is 19.0. The molecule has 324 valence electrons. The highest BCUT2D eigenvalue weighted by molar-refractivity contribution is 7.90. The summed E-state index contributed by atoms with van der Waals surface area (Å²) in [5, 5.41) is 44.9. The molecule has 0 aliphatic heterocycles. The van der Waals surface area contributed by atoms with Crippen LogP contribution in [0.15, 0.2) is 102 Å². The number of aliphatic hydroxyl groups is 1. The van der Waals surface area contributed by atoms with Crippen molar-refractivity contribution >= 4 is 61.1 Å². The first-order valence-corrected chi connectivity index (χ1v) is 22.6. The number of aromatic amines is 1. The van der Waals surface area contributed by atoms with Crippen molar-refractivity contribution in [1.29, 1.82) is 0 Å². The Morgan fingerprint density at radius 3 is 2.49 bits per heavy atom. The molecule has 1 atom stereocenters. The number of anilines is 2. The van der Waals surface area contributed by atoms with Gasteiger partial charge < -0.3 is 36.0 Å². The number of rotatable bonds is 16. The number of allylic oxidation sites excluding steroid dienone is 1. The molecule has 0 bridgehead atoms. The van der Waals surface area contributed by atoms with Gasteiger partial charge in [0, 0.05) is 66.1 Å². The number of carbonyl (C=O) groups is 1. The molecule has 0 radical (unpaired) electrons. The van der Waals surface area contributed by atoms with Gasteiger partial charge in [0.05, 0.1) is 22.3 Å². The summed E-state index contributed by atoms with van der Waals surface area (Å²) in [6.45, 7) is 7.05. The first kappa shape index (κ1) is 44.1. The zero-order chi connectivity index (χ0) is 43.4. The maximum Gasteiger partial charge on any atom is 0.268 e. The van der Waals surface area contributed by atoms with E-state index in [0.29, 0.717) is 48.9 Å². The van der Waals surface area contributed by atoms with Crippen LogP contribution in [-0.2, 0) is 10.0 Å². The Morgan fingerprint density at radius 2 is 1.74 bits per heavy atom. The van der Waals surface area contributed by atoms with Gasteiger partial charge in [0.2, 0.25) is 0 Å². The third-order valence-electron chi connectivity index (χ3n) is 11.7. The van der Waals surface area contributed by atoms with Gasteiger partial charge >= 0.3 is 0 Å². The summed E-state index contributed by atoms with van der Waals surface area (Å²) in [6.07, 6.45) is 7.57. The summed E-state index contributed by atoms with van der Waals surface area (Å²) in [6, 6.07) is 24.0. The molecule has 7 rings (SSSR count). The van der Waals surface area contributed by atoms with Crippen LogP contribution >= 0.6 is 11.6 Å². The molecular formula is C46H55ClN6O7S. The number of nitrogens with one attached hydrogen (secondary N) is 5. The first-order chi connectivity index (χ1) is 29.0. The number of H-pyrrole nitrogens is 1. The molecule has 7 N–H and O–H groups in total. The zero-order valence-electron chi connectivity index (χ0n) is 34.8. The summed E-state index contributed by atoms with van der Waals surface area (Å²) >= 11 is 6.19. The van der Waals surface area contributed by atoms with Crippen LogP contribution in [0.4, 0.5) is 17.1 Å². The van der Waals surface area contributed by atoms with E-state index < -0.39 is 20.7 Å². The molecule has 1 unspecified atom stereocenters. The van der Waals surface area contributed by atoms with Crippen LogP contribution in [-0.4, -0.2) is 69.0 Å². The zero-order valence-corrected chi connectivity index (χ0v) is 36.3. The molecular weight excluding hydrogens is 816 g/mol. The molecule has 15 heteroatoms. The van der Waals surface area contributed by atoms with E-state index in [4.69, 9.17) is 16.3 Å². The summed E-state index contributed by atoms with van der Waals surface area (Å²) in [4.78, 5) is 14.7. The van der Waals surface area contributed by atoms with E-state index in [2.05, 4.69) is 51.6 Å². The van der Waals surface area contributed by atoms with Gasteiger partial charge in [-0.15, -0.1) is 0 Å². The Labute approximate surface area is 362 Å². The fourth-order valence-corrected chi connectivity index (χ4v) is 9.27. The predicted octanol–water partition coefficient (Wildman–Crippen LogP) is 9.18. The van der Waals surface area contributed by atoms with Gasteiger partial charge in [0.15, 0.2) is 5.69 Å². The second-order valence-corrected chi connectivity index (χ2v) is 19.2. The number of hydrogen-bond donors (Lipinski definition) is 7. The van der Waals surface area contributed by atoms with Crippen LogP contribution in [0.2, 0.25) is 5.02 Å². The van der Waals surface area contributed by atoms with Gasteiger partial charge in [-0.05, 0) is 128 Å². The van der Waals surface area contributed by atoms with Crippen LogP contribution in [0.3, 0.4) is 0 Å². The second-order valence-electron chi connectivity index (χ2n) is 17.1. The molecule has 1 aromatic heterocycles. The molecule has 0 saturated heterocycles. The third kappa shape index (κ3) is 11.3. The highest BCUT2D eigenvalue weighted by atomic mass is 35.5. The van der Waals surface area contributed by atoms with Crippen LogP contribution in [0.25, 0.3) is 16.5 Å². The van der Waals surface area contributed by atoms with E-state index in [1.165, 1.54) is 34.9 Å². The number of benzene rings is 4. The van der Waals surface area contributed by atoms with E-state index in [-0.39, 0.29) is 45.0 Å². The lowest BCUT2D eigenvalue weighted by Gasteiger charge is -2.34. The quantitative estimate of drug-likeness (QED) is 0.0286. The minimum atomic E-state index is -4.54. The van der Waals surface area contributed by atoms with Gasteiger partial charge in [-0.1, -0.05) is 43.2 Å². The minimum Gasteiger partial charge on any atom is -0.593 e. The largest absolute Gasteiger partial charge is 0.593 e. The van der Waals surface area contributed by atoms with E-state index in [0.717, 1.165) is 62.7 Å². The average molecular weight is 872 g/mol. The summed E-state index contributed by atoms with van der Waals surface area (Å²) in [5.74, 6) is -0.138. The maximum absolute atomic E-state index is 13.9. The number of amides is 1. The number of aliphatic hydroxyl groups excluding tert-OH is 1. The summed E-state index contributed by atoms with van der Waals surface area (Å²) in [7, 11) is -3.57. The number of halogens is 1. The van der Waals surface area contributed by atoms with Crippen molar-refractivity contribution in [1.82, 2.24) is 19.8 Å². The molecule has 1 saturated carbocycles. The molecule has 1 amide bonds. The topological polar surface area (TPSA) is 188 Å². The highest BCUT2D eigenvalue weighted by Gasteiger charge is 2.29. The van der Waals surface area contributed by atoms with Crippen molar-refractivity contribution in [3.05, 3.63) is 118 Å². The summed E-state index contributed by atoms with van der Waals surface area (Å²) in [5.41, 5.74) is 5.72. The van der Waals surface area contributed by atoms with Crippen LogP contribution in [0.5, 0.6) is 11.5 Å². The first-order valence-electron chi connectivity index (χ1n) is 20.8. The lowest BCUT2D eigenvalue weighted by atomic mass is 9.72. The van der Waals surface area contributed by atoms with Gasteiger partial charge in [-0.25, -0.2) is 18.3 Å². The number of fused-ring (bicyclic) bond motifs is 1. The average Bonchev–Trinajstić information content (AvgIpc) is 3.69. The molecule has 13 nitrogen and oxygen atoms in total. The monoisotopic (exact) mass is 870 g/mol. The third-order valence-corrected chi connectivity index (χ3v) is 13.3. The Kier molecular flexibility index (Phi) is 13.4. The van der Waals surface area contributed by atoms with E-state index in [1.54, 1.807) is 18.2 Å². The maximum atomic E-state index is 13.9. The van der Waals surface area contributed by atoms with Crippen LogP contribution in [0.1, 0.15) is 74.7 Å². The second kappa shape index (κ2) is 18.6. The van der Waals surface area contributed by atoms with Crippen molar-refractivity contribution in [2.24, 2.45) is 11.3 Å². The van der Waals surface area contributed by atoms with Crippen molar-refractivity contribution < 1.29 is 28.3 Å². The van der Waals surface area contributed by atoms with Crippen molar-refractivity contribution in [3.8, 4) is 11.5 Å². The Bertz CT molecular complexity index is 2490. The summed E-state index contributed by atoms with van der Waals surface area (Å²) < 4.78 is 35.9. The van der Waals surface area contributed by atoms with Gasteiger partial charge in [-0.3, -0.25) is 4.79 Å². The van der Waals surface area contributed by atoms with Gasteiger partial charge in [-0.2, -0.15) is 4.81 Å². The molecule has 61 heavy (non-hydrogen) atoms. The van der Waals surface area contributed by atoms with Gasteiger partial charge in [0.25, 0.3) is 15.9 Å². The predicted molar refractivity (Wildman–Crippen MR) is 243 cm³/mol. The number of hydroxylamine groups is 2. The SMILES string of the molecule is CC1(C)CCC(CNCCNc2ccc(C(=O)NS(=O)(=O)c3ccc(NCC4CCC(O)CC4)c([N+](C)([O-])O)c3)c(Oc3ccc4[nH]ccc4c3)c2)=C(c2ccc(Cl)cc2)C1. The smallest absolute Gasteiger partial charge is 0.268 e. The molecule has 0 spiro atoms. The molecule has 5 aromatic rings. The van der Waals surface area contributed by atoms with Crippen molar-refractivity contribution in [2.45, 2.75) is 69.8 Å². The van der Waals surface area contributed by atoms with Crippen LogP contribution in [0, 0.1) is 16.5 Å². The number of aromatic nitrogens is 1. The van der Waals surface area contributed by atoms with E-state index in [1.807, 2.05) is 36.5 Å². The van der Waals surface area contributed by atoms with Crippen LogP contribution < -0.4 is 30.2 Å². The minimum absolute atomic E-state index is 0.0361. The fraction of sp³-hybridized carbons (Fsp3) is 0.370. The Morgan fingerprint density at radius 1 is 0.967 bits per heavy atom. The molecule has 4 aromatic carbocycles. The number of nitrogens with zero attached hydrogens (tertiary/aromatic N) is 1. The lowest BCUT2D eigenvalue weighted by Crippen LogP contribution is -2.35. The number of quaternary nitrogens is 1. The number of hydrogen-bond acceptors (Lipinski definition) is 10. The number of ether oxygens (including phenoxy) is 1. The number of carbonyl (C=O) groups excluding carboxylic acids is 1. The number of sulfonamides is 1. The molecule has 2 aliphatic rings. The molecule has 2 aliphatic carbocycles. The Balaban J connectivity index is 1.06. The van der Waals surface area contributed by atoms with E-state index in [9.17, 15) is 28.7 Å². The van der Waals surface area contributed by atoms with Gasteiger partial charge in [0.1, 0.15) is 18.5 Å².